The molecule has 1 heterocycles. The average Bonchev–Trinajstić information content (AvgIpc) is 2.47. The number of quaternary nitrogens is 2. The second-order valence-corrected chi connectivity index (χ2v) is 6.08. The van der Waals surface area contributed by atoms with Crippen LogP contribution in [0.4, 0.5) is 5.69 Å². The van der Waals surface area contributed by atoms with Gasteiger partial charge in [0.1, 0.15) is 31.9 Å². The van der Waals surface area contributed by atoms with E-state index in [0.717, 1.165) is 26.2 Å². The highest BCUT2D eigenvalue weighted by atomic mass is 35.5. The van der Waals surface area contributed by atoms with Crippen LogP contribution in [0.3, 0.4) is 0 Å². The molecule has 1 saturated heterocycles. The van der Waals surface area contributed by atoms with E-state index in [-0.39, 0.29) is 11.9 Å². The number of hydrogen-bond acceptors (Lipinski definition) is 2. The van der Waals surface area contributed by atoms with Gasteiger partial charge in [0.05, 0.1) is 19.2 Å². The van der Waals surface area contributed by atoms with E-state index < -0.39 is 0 Å². The van der Waals surface area contributed by atoms with Gasteiger partial charge in [0.15, 0.2) is 6.04 Å². The highest BCUT2D eigenvalue weighted by Crippen LogP contribution is 2.27. The maximum atomic E-state index is 12.3. The Morgan fingerprint density at radius 2 is 2.00 bits per heavy atom. The molecule has 1 atom stereocenters. The quantitative estimate of drug-likeness (QED) is 0.674. The molecule has 1 aromatic rings. The van der Waals surface area contributed by atoms with Gasteiger partial charge in [-0.2, -0.15) is 0 Å². The molecule has 0 spiro atoms. The van der Waals surface area contributed by atoms with Crippen LogP contribution in [0, 0.1) is 0 Å². The van der Waals surface area contributed by atoms with Crippen molar-refractivity contribution in [1.82, 2.24) is 0 Å². The number of carbonyl (C=O) groups is 1. The summed E-state index contributed by atoms with van der Waals surface area (Å²) in [5, 5.41) is 3.43. The van der Waals surface area contributed by atoms with Crippen LogP contribution in [0.15, 0.2) is 18.2 Å². The van der Waals surface area contributed by atoms with E-state index in [9.17, 15) is 4.79 Å². The third-order valence-corrected chi connectivity index (χ3v) is 4.47. The number of methoxy groups -OCH3 is 1. The summed E-state index contributed by atoms with van der Waals surface area (Å²) in [6, 6.07) is 5.22. The van der Waals surface area contributed by atoms with Crippen LogP contribution in [0.25, 0.3) is 0 Å². The van der Waals surface area contributed by atoms with Crippen molar-refractivity contribution in [3.05, 3.63) is 23.2 Å². The van der Waals surface area contributed by atoms with Crippen molar-refractivity contribution in [3.8, 4) is 5.75 Å². The van der Waals surface area contributed by atoms with Crippen LogP contribution in [0.2, 0.25) is 5.02 Å². The lowest BCUT2D eigenvalue weighted by atomic mass is 10.2. The second-order valence-electron chi connectivity index (χ2n) is 5.68. The SMILES string of the molecule is COc1ccc(NC(=O)[C@H](C)[NH+]2CC[NH+](C)CC2)cc1Cl. The fraction of sp³-hybridized carbons (Fsp3) is 0.533. The van der Waals surface area contributed by atoms with Crippen molar-refractivity contribution in [2.75, 3.05) is 45.7 Å². The van der Waals surface area contributed by atoms with Gasteiger partial charge in [-0.25, -0.2) is 0 Å². The standard InChI is InChI=1S/C15H22ClN3O2/c1-11(19-8-6-18(2)7-9-19)15(20)17-12-4-5-14(21-3)13(16)10-12/h4-5,10-11H,6-9H2,1-3H3,(H,17,20)/p+2/t11-/m0/s1. The van der Waals surface area contributed by atoms with Gasteiger partial charge in [-0.15, -0.1) is 0 Å². The van der Waals surface area contributed by atoms with E-state index in [1.54, 1.807) is 25.3 Å². The molecule has 1 aliphatic heterocycles. The molecule has 116 valence electrons. The Morgan fingerprint density at radius 3 is 2.57 bits per heavy atom. The molecule has 21 heavy (non-hydrogen) atoms. The highest BCUT2D eigenvalue weighted by Gasteiger charge is 2.29. The number of nitrogens with one attached hydrogen (secondary N) is 3. The number of rotatable bonds is 4. The maximum Gasteiger partial charge on any atom is 0.282 e. The van der Waals surface area contributed by atoms with Crippen LogP contribution in [-0.4, -0.2) is 52.3 Å². The van der Waals surface area contributed by atoms with Gasteiger partial charge in [-0.05, 0) is 25.1 Å². The number of likely N-dealkylation sites (N-methyl/N-ethyl adjacent to an activating group) is 1. The van der Waals surface area contributed by atoms with Crippen LogP contribution in [0.5, 0.6) is 5.75 Å². The number of anilines is 1. The summed E-state index contributed by atoms with van der Waals surface area (Å²) in [6.07, 6.45) is 0. The first kappa shape index (κ1) is 16.1. The fourth-order valence-electron chi connectivity index (χ4n) is 2.61. The summed E-state index contributed by atoms with van der Waals surface area (Å²) in [7, 11) is 3.77. The largest absolute Gasteiger partial charge is 0.495 e. The molecule has 0 saturated carbocycles. The fourth-order valence-corrected chi connectivity index (χ4v) is 2.87. The Hall–Kier alpha value is -1.30. The van der Waals surface area contributed by atoms with Crippen molar-refractivity contribution in [3.63, 3.8) is 0 Å². The van der Waals surface area contributed by atoms with Crippen molar-refractivity contribution in [2.24, 2.45) is 0 Å². The summed E-state index contributed by atoms with van der Waals surface area (Å²) in [5.41, 5.74) is 0.705. The molecule has 1 fully saturated rings. The predicted octanol–water partition coefficient (Wildman–Crippen LogP) is -0.911. The predicted molar refractivity (Wildman–Crippen MR) is 83.4 cm³/mol. The Kier molecular flexibility index (Phi) is 5.45. The first-order valence-electron chi connectivity index (χ1n) is 7.31. The average molecular weight is 314 g/mol. The van der Waals surface area contributed by atoms with E-state index >= 15 is 0 Å². The van der Waals surface area contributed by atoms with Crippen LogP contribution >= 0.6 is 11.6 Å². The number of halogens is 1. The molecule has 3 N–H and O–H groups in total. The first-order chi connectivity index (χ1) is 10.0. The molecular weight excluding hydrogens is 290 g/mol. The Morgan fingerprint density at radius 1 is 1.33 bits per heavy atom. The van der Waals surface area contributed by atoms with E-state index in [0.29, 0.717) is 16.5 Å². The van der Waals surface area contributed by atoms with Gasteiger partial charge in [0.2, 0.25) is 0 Å². The van der Waals surface area contributed by atoms with Crippen molar-refractivity contribution in [2.45, 2.75) is 13.0 Å². The Labute approximate surface area is 130 Å². The molecule has 0 radical (unpaired) electrons. The van der Waals surface area contributed by atoms with Gasteiger partial charge < -0.3 is 19.9 Å². The number of amides is 1. The summed E-state index contributed by atoms with van der Waals surface area (Å²) in [6.45, 7) is 6.27. The molecule has 0 aliphatic carbocycles. The molecule has 1 amide bonds. The van der Waals surface area contributed by atoms with Crippen molar-refractivity contribution >= 4 is 23.2 Å². The zero-order valence-electron chi connectivity index (χ0n) is 12.8. The van der Waals surface area contributed by atoms with Crippen LogP contribution in [-0.2, 0) is 4.79 Å². The van der Waals surface area contributed by atoms with Crippen molar-refractivity contribution in [1.29, 1.82) is 0 Å². The smallest absolute Gasteiger partial charge is 0.282 e. The minimum atomic E-state index is -0.0565. The van der Waals surface area contributed by atoms with Gasteiger partial charge in [0.25, 0.3) is 5.91 Å². The van der Waals surface area contributed by atoms with Gasteiger partial charge in [-0.1, -0.05) is 11.6 Å². The molecule has 5 nitrogen and oxygen atoms in total. The zero-order chi connectivity index (χ0) is 15.4. The van der Waals surface area contributed by atoms with E-state index in [4.69, 9.17) is 16.3 Å². The van der Waals surface area contributed by atoms with E-state index in [1.807, 2.05) is 6.92 Å². The summed E-state index contributed by atoms with van der Waals surface area (Å²) < 4.78 is 5.11. The number of hydrogen-bond donors (Lipinski definition) is 3. The Balaban J connectivity index is 1.95. The number of ether oxygens (including phenoxy) is 1. The molecule has 1 aliphatic rings. The molecule has 0 bridgehead atoms. The van der Waals surface area contributed by atoms with Gasteiger partial charge in [-0.3, -0.25) is 4.79 Å². The molecule has 0 unspecified atom stereocenters. The maximum absolute atomic E-state index is 12.3. The number of carbonyl (C=O) groups excluding carboxylic acids is 1. The van der Waals surface area contributed by atoms with Crippen LogP contribution < -0.4 is 19.9 Å². The third kappa shape index (κ3) is 4.09. The van der Waals surface area contributed by atoms with Crippen LogP contribution in [0.1, 0.15) is 6.92 Å². The molecule has 2 rings (SSSR count). The lowest BCUT2D eigenvalue weighted by Crippen LogP contribution is -3.29. The number of benzene rings is 1. The molecule has 1 aromatic carbocycles. The normalized spacial score (nSPS) is 23.4. The summed E-state index contributed by atoms with van der Waals surface area (Å²) in [5.74, 6) is 0.640. The monoisotopic (exact) mass is 313 g/mol. The Bertz CT molecular complexity index is 502. The lowest BCUT2D eigenvalue weighted by molar-refractivity contribution is -1.01. The number of piperazine rings is 1. The minimum Gasteiger partial charge on any atom is -0.495 e. The highest BCUT2D eigenvalue weighted by molar-refractivity contribution is 6.32. The lowest BCUT2D eigenvalue weighted by Gasteiger charge is -2.30. The molecule has 0 aromatic heterocycles. The molecular formula is C15H24ClN3O2+2. The van der Waals surface area contributed by atoms with Crippen molar-refractivity contribution < 1.29 is 19.3 Å². The minimum absolute atomic E-state index is 0.0331. The first-order valence-corrected chi connectivity index (χ1v) is 7.69. The zero-order valence-corrected chi connectivity index (χ0v) is 13.6. The second kappa shape index (κ2) is 7.11. The molecule has 6 heteroatoms. The topological polar surface area (TPSA) is 47.2 Å². The van der Waals surface area contributed by atoms with Gasteiger partial charge >= 0.3 is 0 Å². The van der Waals surface area contributed by atoms with E-state index in [2.05, 4.69) is 12.4 Å². The van der Waals surface area contributed by atoms with Gasteiger partial charge in [0, 0.05) is 5.69 Å². The third-order valence-electron chi connectivity index (χ3n) is 4.17. The van der Waals surface area contributed by atoms with E-state index in [1.165, 1.54) is 9.80 Å². The summed E-state index contributed by atoms with van der Waals surface area (Å²) >= 11 is 6.07. The summed E-state index contributed by atoms with van der Waals surface area (Å²) in [4.78, 5) is 15.2.